The minimum atomic E-state index is -1.54. The number of aromatic nitrogens is 2. The van der Waals surface area contributed by atoms with Crippen molar-refractivity contribution >= 4 is 39.7 Å². The Hall–Kier alpha value is -2.54. The van der Waals surface area contributed by atoms with Crippen LogP contribution >= 0.6 is 15.9 Å². The van der Waals surface area contributed by atoms with E-state index in [1.807, 2.05) is 0 Å². The van der Waals surface area contributed by atoms with E-state index in [4.69, 9.17) is 24.7 Å². The molecule has 0 bridgehead atoms. The van der Waals surface area contributed by atoms with Crippen molar-refractivity contribution in [3.63, 3.8) is 0 Å². The van der Waals surface area contributed by atoms with E-state index >= 15 is 0 Å². The van der Waals surface area contributed by atoms with Gasteiger partial charge in [0.2, 0.25) is 5.60 Å². The van der Waals surface area contributed by atoms with E-state index in [-0.39, 0.29) is 6.61 Å². The molecule has 2 N–H and O–H groups in total. The number of anilines is 1. The molecule has 1 saturated heterocycles. The molecule has 30 heavy (non-hydrogen) atoms. The molecule has 0 aromatic carbocycles. The van der Waals surface area contributed by atoms with Crippen LogP contribution in [-0.4, -0.2) is 56.7 Å². The second kappa shape index (κ2) is 9.08. The number of carbonyl (C=O) groups is 3. The highest BCUT2D eigenvalue weighted by atomic mass is 79.9. The van der Waals surface area contributed by atoms with Crippen molar-refractivity contribution in [2.45, 2.75) is 56.6 Å². The zero-order chi connectivity index (χ0) is 22.8. The fraction of sp³-hybridized carbons (Fsp3) is 0.588. The summed E-state index contributed by atoms with van der Waals surface area (Å²) in [4.78, 5) is 49.6. The highest BCUT2D eigenvalue weighted by molar-refractivity contribution is 9.09. The van der Waals surface area contributed by atoms with Crippen LogP contribution in [0.1, 0.15) is 33.9 Å². The van der Waals surface area contributed by atoms with E-state index < -0.39 is 64.1 Å². The Bertz CT molecular complexity index is 905. The van der Waals surface area contributed by atoms with Crippen LogP contribution in [-0.2, 0) is 33.3 Å². The molecule has 13 heteroatoms. The molecule has 0 aliphatic carbocycles. The van der Waals surface area contributed by atoms with Crippen LogP contribution in [0.25, 0.3) is 0 Å². The highest BCUT2D eigenvalue weighted by Gasteiger charge is 2.48. The van der Waals surface area contributed by atoms with E-state index in [0.717, 1.165) is 24.6 Å². The first-order valence-electron chi connectivity index (χ1n) is 8.71. The van der Waals surface area contributed by atoms with Gasteiger partial charge in [0.15, 0.2) is 24.0 Å². The Labute approximate surface area is 178 Å². The van der Waals surface area contributed by atoms with E-state index in [2.05, 4.69) is 20.9 Å². The monoisotopic (exact) mass is 493 g/mol. The molecule has 0 amide bonds. The molecule has 1 aliphatic heterocycles. The van der Waals surface area contributed by atoms with Gasteiger partial charge in [0, 0.05) is 13.8 Å². The zero-order valence-electron chi connectivity index (χ0n) is 16.6. The summed E-state index contributed by atoms with van der Waals surface area (Å²) in [5.74, 6) is -3.75. The lowest BCUT2D eigenvalue weighted by atomic mass is 10.1. The van der Waals surface area contributed by atoms with Crippen LogP contribution in [0.15, 0.2) is 11.0 Å². The van der Waals surface area contributed by atoms with Crippen molar-refractivity contribution in [3.8, 4) is 0 Å². The molecule has 0 radical (unpaired) electrons. The molecule has 0 saturated carbocycles. The summed E-state index contributed by atoms with van der Waals surface area (Å²) in [5.41, 5.74) is 2.82. The Morgan fingerprint density at radius 1 is 1.33 bits per heavy atom. The molecule has 166 valence electrons. The summed E-state index contributed by atoms with van der Waals surface area (Å²) in [6, 6.07) is 0. The lowest BCUT2D eigenvalue weighted by Gasteiger charge is -2.23. The Kier molecular flexibility index (Phi) is 7.18. The fourth-order valence-corrected chi connectivity index (χ4v) is 3.39. The van der Waals surface area contributed by atoms with Crippen molar-refractivity contribution in [1.29, 1.82) is 0 Å². The maximum Gasteiger partial charge on any atom is 0.351 e. The quantitative estimate of drug-likeness (QED) is 0.336. The standard InChI is InChI=1S/C17H21BrFN3O8/c1-7(23)28-12-11(18)10(6-27-15(25)17(3,4)30-8(2)24)29-14(12)22-5-9(19)13(20)21-16(22)26/h5,10-12,14H,6H2,1-4H3,(H2,20,21,26)/t10-,11-,12-,14-/m1/s1. The van der Waals surface area contributed by atoms with Crippen molar-refractivity contribution in [2.24, 2.45) is 0 Å². The number of nitrogens with zero attached hydrogens (tertiary/aromatic N) is 2. The number of carbonyl (C=O) groups excluding carboxylic acids is 3. The number of hydrogen-bond acceptors (Lipinski definition) is 10. The third-order valence-electron chi connectivity index (χ3n) is 4.04. The van der Waals surface area contributed by atoms with Gasteiger partial charge in [0.1, 0.15) is 12.7 Å². The van der Waals surface area contributed by atoms with Gasteiger partial charge < -0.3 is 24.7 Å². The van der Waals surface area contributed by atoms with Gasteiger partial charge >= 0.3 is 23.6 Å². The summed E-state index contributed by atoms with van der Waals surface area (Å²) in [6.45, 7) is 4.66. The predicted octanol–water partition coefficient (Wildman–Crippen LogP) is 0.442. The summed E-state index contributed by atoms with van der Waals surface area (Å²) < 4.78 is 35.6. The van der Waals surface area contributed by atoms with Gasteiger partial charge in [-0.1, -0.05) is 15.9 Å². The molecule has 2 rings (SSSR count). The van der Waals surface area contributed by atoms with E-state index in [1.165, 1.54) is 13.8 Å². The minimum absolute atomic E-state index is 0.340. The van der Waals surface area contributed by atoms with Crippen LogP contribution in [0, 0.1) is 5.82 Å². The lowest BCUT2D eigenvalue weighted by Crippen LogP contribution is -2.40. The van der Waals surface area contributed by atoms with Gasteiger partial charge in [-0.3, -0.25) is 14.2 Å². The summed E-state index contributed by atoms with van der Waals surface area (Å²) in [6.07, 6.45) is -2.46. The fourth-order valence-electron chi connectivity index (χ4n) is 2.74. The van der Waals surface area contributed by atoms with Crippen LogP contribution in [0.3, 0.4) is 0 Å². The van der Waals surface area contributed by atoms with Crippen LogP contribution in [0.2, 0.25) is 0 Å². The second-order valence-electron chi connectivity index (χ2n) is 6.95. The van der Waals surface area contributed by atoms with Crippen molar-refractivity contribution in [3.05, 3.63) is 22.5 Å². The first-order valence-corrected chi connectivity index (χ1v) is 9.62. The number of alkyl halides is 1. The topological polar surface area (TPSA) is 149 Å². The molecule has 1 fully saturated rings. The minimum Gasteiger partial charge on any atom is -0.460 e. The van der Waals surface area contributed by atoms with Crippen molar-refractivity contribution in [2.75, 3.05) is 12.3 Å². The molecule has 1 aromatic heterocycles. The van der Waals surface area contributed by atoms with Gasteiger partial charge in [0.25, 0.3) is 0 Å². The predicted molar refractivity (Wildman–Crippen MR) is 102 cm³/mol. The van der Waals surface area contributed by atoms with Gasteiger partial charge in [-0.15, -0.1) is 0 Å². The third kappa shape index (κ3) is 5.33. The van der Waals surface area contributed by atoms with Crippen molar-refractivity contribution < 1.29 is 37.7 Å². The molecule has 0 unspecified atom stereocenters. The summed E-state index contributed by atoms with van der Waals surface area (Å²) in [5, 5.41) is 0. The molecular weight excluding hydrogens is 473 g/mol. The average Bonchev–Trinajstić information content (AvgIpc) is 2.90. The maximum atomic E-state index is 13.9. The molecule has 4 atom stereocenters. The van der Waals surface area contributed by atoms with Crippen molar-refractivity contribution in [1.82, 2.24) is 9.55 Å². The molecule has 0 spiro atoms. The number of halogens is 2. The number of esters is 3. The molecular formula is C17H21BrFN3O8. The van der Waals surface area contributed by atoms with Crippen LogP contribution in [0.4, 0.5) is 10.2 Å². The van der Waals surface area contributed by atoms with E-state index in [9.17, 15) is 23.6 Å². The third-order valence-corrected chi connectivity index (χ3v) is 5.15. The average molecular weight is 494 g/mol. The molecule has 2 heterocycles. The number of rotatable bonds is 6. The first kappa shape index (κ1) is 23.7. The van der Waals surface area contributed by atoms with Crippen LogP contribution < -0.4 is 11.4 Å². The number of ether oxygens (including phenoxy) is 4. The van der Waals surface area contributed by atoms with Gasteiger partial charge in [-0.2, -0.15) is 4.98 Å². The molecule has 11 nitrogen and oxygen atoms in total. The number of nitrogen functional groups attached to an aromatic ring is 1. The SMILES string of the molecule is CC(=O)O[C@@H]1[C@H](Br)[C@@H](COC(=O)C(C)(C)OC(C)=O)O[C@H]1n1cc(F)c(N)nc1=O. The maximum absolute atomic E-state index is 13.9. The zero-order valence-corrected chi connectivity index (χ0v) is 18.2. The summed E-state index contributed by atoms with van der Waals surface area (Å²) >= 11 is 3.30. The van der Waals surface area contributed by atoms with Crippen LogP contribution in [0.5, 0.6) is 0 Å². The lowest BCUT2D eigenvalue weighted by molar-refractivity contribution is -0.180. The molecule has 1 aromatic rings. The Balaban J connectivity index is 2.22. The number of nitrogens with two attached hydrogens (primary N) is 1. The largest absolute Gasteiger partial charge is 0.460 e. The van der Waals surface area contributed by atoms with E-state index in [0.29, 0.717) is 0 Å². The number of hydrogen-bond donors (Lipinski definition) is 1. The first-order chi connectivity index (χ1) is 13.8. The Morgan fingerprint density at radius 2 is 1.97 bits per heavy atom. The smallest absolute Gasteiger partial charge is 0.351 e. The second-order valence-corrected chi connectivity index (χ2v) is 8.01. The highest BCUT2D eigenvalue weighted by Crippen LogP contribution is 2.36. The van der Waals surface area contributed by atoms with Gasteiger partial charge in [-0.25, -0.2) is 14.0 Å². The van der Waals surface area contributed by atoms with E-state index in [1.54, 1.807) is 0 Å². The van der Waals surface area contributed by atoms with Gasteiger partial charge in [-0.05, 0) is 13.8 Å². The molecule has 1 aliphatic rings. The normalized spacial score (nSPS) is 23.7. The van der Waals surface area contributed by atoms with Gasteiger partial charge in [0.05, 0.1) is 11.0 Å². The summed E-state index contributed by atoms with van der Waals surface area (Å²) in [7, 11) is 0. The Morgan fingerprint density at radius 3 is 2.53 bits per heavy atom.